The summed E-state index contributed by atoms with van der Waals surface area (Å²) in [4.78, 5) is 53.9. The van der Waals surface area contributed by atoms with Crippen molar-refractivity contribution >= 4 is 24.0 Å². The number of hydrogen-bond acceptors (Lipinski definition) is 6. The molecule has 10 heteroatoms. The predicted molar refractivity (Wildman–Crippen MR) is 150 cm³/mol. The zero-order valence-corrected chi connectivity index (χ0v) is 22.7. The molecule has 0 radical (unpaired) electrons. The molecule has 10 nitrogen and oxygen atoms in total. The molecular weight excluding hydrogens is 524 g/mol. The molecule has 0 aromatic heterocycles. The molecule has 2 saturated heterocycles. The Hall–Kier alpha value is -4.70. The second-order valence-corrected chi connectivity index (χ2v) is 10.3. The Bertz CT molecular complexity index is 1310. The highest BCUT2D eigenvalue weighted by Crippen LogP contribution is 2.38. The molecule has 212 valence electrons. The maximum absolute atomic E-state index is 13.7. The van der Waals surface area contributed by atoms with Gasteiger partial charge in [0.1, 0.15) is 11.6 Å². The van der Waals surface area contributed by atoms with Gasteiger partial charge in [0.25, 0.3) is 5.91 Å². The minimum absolute atomic E-state index is 0.118. The van der Waals surface area contributed by atoms with Crippen molar-refractivity contribution < 1.29 is 29.0 Å². The number of hydrogen-bond donors (Lipinski definition) is 3. The molecule has 1 atom stereocenters. The van der Waals surface area contributed by atoms with E-state index in [0.29, 0.717) is 0 Å². The number of carbonyl (C=O) groups is 4. The van der Waals surface area contributed by atoms with Crippen molar-refractivity contribution in [2.75, 3.05) is 26.7 Å². The van der Waals surface area contributed by atoms with Gasteiger partial charge in [0.05, 0.1) is 19.2 Å². The molecule has 4 amide bonds. The normalized spacial score (nSPS) is 17.3. The summed E-state index contributed by atoms with van der Waals surface area (Å²) in [5.41, 5.74) is 0.286. The van der Waals surface area contributed by atoms with E-state index in [1.54, 1.807) is 0 Å². The van der Waals surface area contributed by atoms with E-state index >= 15 is 0 Å². The van der Waals surface area contributed by atoms with Gasteiger partial charge in [-0.15, -0.1) is 0 Å². The summed E-state index contributed by atoms with van der Waals surface area (Å²) in [5, 5.41) is 15.6. The van der Waals surface area contributed by atoms with E-state index < -0.39 is 41.1 Å². The number of piperidine rings is 1. The summed E-state index contributed by atoms with van der Waals surface area (Å²) in [7, 11) is 1.27. The first-order chi connectivity index (χ1) is 19.8. The van der Waals surface area contributed by atoms with Crippen LogP contribution in [0.5, 0.6) is 0 Å². The number of nitrogens with zero attached hydrogens (tertiary/aromatic N) is 2. The number of likely N-dealkylation sites (tertiary alicyclic amines) is 1. The van der Waals surface area contributed by atoms with Crippen LogP contribution in [-0.4, -0.2) is 77.2 Å². The molecule has 3 aromatic rings. The lowest BCUT2D eigenvalue weighted by Gasteiger charge is -2.40. The molecule has 3 aromatic carbocycles. The number of carbonyl (C=O) groups excluding carboxylic acids is 3. The van der Waals surface area contributed by atoms with Gasteiger partial charge in [-0.2, -0.15) is 0 Å². The Morgan fingerprint density at radius 2 is 1.37 bits per heavy atom. The fourth-order valence-electron chi connectivity index (χ4n) is 5.84. The number of ether oxygens (including phenoxy) is 1. The highest BCUT2D eigenvalue weighted by atomic mass is 16.5. The molecule has 5 rings (SSSR count). The van der Waals surface area contributed by atoms with Crippen molar-refractivity contribution in [3.05, 3.63) is 108 Å². The minimum Gasteiger partial charge on any atom is -0.468 e. The molecule has 1 spiro atoms. The predicted octanol–water partition coefficient (Wildman–Crippen LogP) is 3.17. The van der Waals surface area contributed by atoms with E-state index in [1.165, 1.54) is 12.0 Å². The van der Waals surface area contributed by atoms with E-state index in [-0.39, 0.29) is 32.5 Å². The van der Waals surface area contributed by atoms with Crippen molar-refractivity contribution in [1.82, 2.24) is 20.4 Å². The number of benzene rings is 3. The highest BCUT2D eigenvalue weighted by Gasteiger charge is 2.54. The molecule has 0 bridgehead atoms. The molecule has 41 heavy (non-hydrogen) atoms. The standard InChI is InChI=1S/C31H32N4O6/c1-41-26(36)25(21-35-27(37)30(33-28(35)38)17-19-34(20-18-30)29(39)40)32-31(22-11-5-2-6-12-22,23-13-7-3-8-14-23)24-15-9-4-10-16-24/h2-16,25,32H,17-21H2,1H3,(H,33,38)(H,39,40)/t25-/m0/s1. The van der Waals surface area contributed by atoms with Crippen LogP contribution < -0.4 is 10.6 Å². The first kappa shape index (κ1) is 27.9. The van der Waals surface area contributed by atoms with Crippen molar-refractivity contribution in [2.24, 2.45) is 0 Å². The van der Waals surface area contributed by atoms with E-state index in [9.17, 15) is 24.3 Å². The van der Waals surface area contributed by atoms with Crippen molar-refractivity contribution in [1.29, 1.82) is 0 Å². The molecule has 0 unspecified atom stereocenters. The van der Waals surface area contributed by atoms with Crippen LogP contribution in [0.15, 0.2) is 91.0 Å². The Morgan fingerprint density at radius 1 is 0.902 bits per heavy atom. The number of rotatable bonds is 8. The quantitative estimate of drug-likeness (QED) is 0.221. The average molecular weight is 557 g/mol. The third-order valence-electron chi connectivity index (χ3n) is 8.00. The lowest BCUT2D eigenvalue weighted by Crippen LogP contribution is -2.58. The van der Waals surface area contributed by atoms with Crippen LogP contribution >= 0.6 is 0 Å². The molecule has 0 saturated carbocycles. The summed E-state index contributed by atoms with van der Waals surface area (Å²) in [5.74, 6) is -1.12. The van der Waals surface area contributed by atoms with Gasteiger partial charge in [-0.05, 0) is 29.5 Å². The molecule has 2 aliphatic heterocycles. The number of methoxy groups -OCH3 is 1. The lowest BCUT2D eigenvalue weighted by atomic mass is 9.76. The van der Waals surface area contributed by atoms with E-state index in [4.69, 9.17) is 4.74 Å². The van der Waals surface area contributed by atoms with E-state index in [1.807, 2.05) is 91.0 Å². The zero-order valence-electron chi connectivity index (χ0n) is 22.7. The second kappa shape index (κ2) is 11.4. The lowest BCUT2D eigenvalue weighted by molar-refractivity contribution is -0.144. The molecule has 2 heterocycles. The average Bonchev–Trinajstić information content (AvgIpc) is 3.23. The fraction of sp³-hybridized carbons (Fsp3) is 0.290. The smallest absolute Gasteiger partial charge is 0.407 e. The van der Waals surface area contributed by atoms with Gasteiger partial charge < -0.3 is 20.1 Å². The van der Waals surface area contributed by atoms with Crippen molar-refractivity contribution in [2.45, 2.75) is 30.0 Å². The van der Waals surface area contributed by atoms with Crippen molar-refractivity contribution in [3.8, 4) is 0 Å². The Labute approximate surface area is 237 Å². The van der Waals surface area contributed by atoms with Gasteiger partial charge in [-0.25, -0.2) is 9.59 Å². The third kappa shape index (κ3) is 5.14. The second-order valence-electron chi connectivity index (χ2n) is 10.3. The summed E-state index contributed by atoms with van der Waals surface area (Å²) < 4.78 is 5.18. The van der Waals surface area contributed by atoms with E-state index in [0.717, 1.165) is 21.6 Å². The topological polar surface area (TPSA) is 128 Å². The van der Waals surface area contributed by atoms with Gasteiger partial charge in [-0.1, -0.05) is 91.0 Å². The molecular formula is C31H32N4O6. The van der Waals surface area contributed by atoms with Crippen LogP contribution in [0.3, 0.4) is 0 Å². The van der Waals surface area contributed by atoms with Crippen LogP contribution in [-0.2, 0) is 19.9 Å². The minimum atomic E-state index is -1.21. The summed E-state index contributed by atoms with van der Waals surface area (Å²) >= 11 is 0. The van der Waals surface area contributed by atoms with Crippen LogP contribution in [0.25, 0.3) is 0 Å². The summed E-state index contributed by atoms with van der Waals surface area (Å²) in [6.45, 7) is -0.0456. The van der Waals surface area contributed by atoms with Gasteiger partial charge in [0, 0.05) is 13.1 Å². The monoisotopic (exact) mass is 556 g/mol. The Balaban J connectivity index is 1.54. The van der Waals surface area contributed by atoms with Crippen LogP contribution in [0, 0.1) is 0 Å². The summed E-state index contributed by atoms with van der Waals surface area (Å²) in [6.07, 6.45) is -0.764. The summed E-state index contributed by atoms with van der Waals surface area (Å²) in [6, 6.07) is 27.2. The number of imide groups is 1. The third-order valence-corrected chi connectivity index (χ3v) is 8.00. The number of nitrogens with one attached hydrogen (secondary N) is 2. The highest BCUT2D eigenvalue weighted by molar-refractivity contribution is 6.07. The van der Waals surface area contributed by atoms with Gasteiger partial charge in [0.15, 0.2) is 0 Å². The molecule has 0 aliphatic carbocycles. The first-order valence-electron chi connectivity index (χ1n) is 13.4. The van der Waals surface area contributed by atoms with Gasteiger partial charge >= 0.3 is 18.1 Å². The number of amides is 4. The van der Waals surface area contributed by atoms with E-state index in [2.05, 4.69) is 10.6 Å². The number of carboxylic acid groups (broad SMARTS) is 1. The van der Waals surface area contributed by atoms with Gasteiger partial charge in [0.2, 0.25) is 0 Å². The maximum atomic E-state index is 13.7. The maximum Gasteiger partial charge on any atom is 0.407 e. The molecule has 3 N–H and O–H groups in total. The Kier molecular flexibility index (Phi) is 7.76. The first-order valence-corrected chi connectivity index (χ1v) is 13.4. The largest absolute Gasteiger partial charge is 0.468 e. The molecule has 2 fully saturated rings. The number of urea groups is 1. The fourth-order valence-corrected chi connectivity index (χ4v) is 5.84. The van der Waals surface area contributed by atoms with Crippen molar-refractivity contribution in [3.63, 3.8) is 0 Å². The SMILES string of the molecule is COC(=O)[C@H](CN1C(=O)NC2(CCN(C(=O)O)CC2)C1=O)NC(c1ccccc1)(c1ccccc1)c1ccccc1. The van der Waals surface area contributed by atoms with Crippen LogP contribution in [0.4, 0.5) is 9.59 Å². The Morgan fingerprint density at radius 3 is 1.78 bits per heavy atom. The van der Waals surface area contributed by atoms with Gasteiger partial charge in [-0.3, -0.25) is 19.8 Å². The molecule has 2 aliphatic rings. The van der Waals surface area contributed by atoms with Crippen LogP contribution in [0.1, 0.15) is 29.5 Å². The number of esters is 1. The zero-order chi connectivity index (χ0) is 29.0. The van der Waals surface area contributed by atoms with Crippen LogP contribution in [0.2, 0.25) is 0 Å².